The van der Waals surface area contributed by atoms with E-state index in [0.29, 0.717) is 0 Å². The summed E-state index contributed by atoms with van der Waals surface area (Å²) in [5.74, 6) is 0. The molecule has 1 heterocycles. The van der Waals surface area contributed by atoms with Crippen molar-refractivity contribution in [2.75, 3.05) is 0 Å². The van der Waals surface area contributed by atoms with E-state index in [-0.39, 0.29) is 0 Å². The molecule has 1 aromatic heterocycles. The monoisotopic (exact) mass is 355 g/mol. The van der Waals surface area contributed by atoms with E-state index in [0.717, 1.165) is 27.3 Å². The van der Waals surface area contributed by atoms with Gasteiger partial charge in [0.15, 0.2) is 0 Å². The smallest absolute Gasteiger partial charge is 0.215 e. The topological polar surface area (TPSA) is 29.6 Å². The van der Waals surface area contributed by atoms with Crippen molar-refractivity contribution in [1.82, 2.24) is 4.57 Å². The number of hydrogen-bond donors (Lipinski definition) is 0. The van der Waals surface area contributed by atoms with Gasteiger partial charge in [-0.3, -0.25) is 4.57 Å². The van der Waals surface area contributed by atoms with Crippen LogP contribution in [0.25, 0.3) is 16.9 Å². The fourth-order valence-corrected chi connectivity index (χ4v) is 3.56. The number of thiazole rings is 1. The predicted octanol–water partition coefficient (Wildman–Crippen LogP) is 5.14. The van der Waals surface area contributed by atoms with E-state index in [1.165, 1.54) is 0 Å². The van der Waals surface area contributed by atoms with Crippen LogP contribution < -0.4 is 4.80 Å². The van der Waals surface area contributed by atoms with Crippen molar-refractivity contribution in [2.24, 2.45) is 10.2 Å². The van der Waals surface area contributed by atoms with Crippen molar-refractivity contribution in [3.05, 3.63) is 107 Å². The predicted molar refractivity (Wildman–Crippen MR) is 109 cm³/mol. The van der Waals surface area contributed by atoms with E-state index in [1.54, 1.807) is 17.6 Å². The van der Waals surface area contributed by atoms with E-state index in [9.17, 15) is 0 Å². The highest BCUT2D eigenvalue weighted by Gasteiger charge is 2.09. The Morgan fingerprint density at radius 1 is 0.731 bits per heavy atom. The molecule has 4 heteroatoms. The number of hydrogen-bond acceptors (Lipinski definition) is 3. The molecule has 0 aliphatic heterocycles. The Kier molecular flexibility index (Phi) is 4.85. The summed E-state index contributed by atoms with van der Waals surface area (Å²) >= 11 is 1.58. The summed E-state index contributed by atoms with van der Waals surface area (Å²) in [4.78, 5) is 0.835. The van der Waals surface area contributed by atoms with Crippen molar-refractivity contribution in [3.8, 4) is 16.9 Å². The molecule has 0 saturated heterocycles. The van der Waals surface area contributed by atoms with Crippen LogP contribution in [0.2, 0.25) is 0 Å². The van der Waals surface area contributed by atoms with Crippen LogP contribution in [-0.2, 0) is 0 Å². The van der Waals surface area contributed by atoms with Gasteiger partial charge in [-0.1, -0.05) is 78.9 Å². The fourth-order valence-electron chi connectivity index (χ4n) is 2.70. The van der Waals surface area contributed by atoms with E-state index in [4.69, 9.17) is 0 Å². The fraction of sp³-hybridized carbons (Fsp3) is 0. The van der Waals surface area contributed by atoms with Gasteiger partial charge in [0.05, 0.1) is 11.9 Å². The Balaban J connectivity index is 1.82. The SMILES string of the molecule is C(=N\N=c1\scc(-c2ccccc2)n1-c1ccccc1)/c1ccccc1. The summed E-state index contributed by atoms with van der Waals surface area (Å²) in [7, 11) is 0. The van der Waals surface area contributed by atoms with Crippen LogP contribution in [0.4, 0.5) is 0 Å². The number of rotatable bonds is 4. The molecular formula is C22H17N3S. The van der Waals surface area contributed by atoms with E-state index in [1.807, 2.05) is 66.7 Å². The molecule has 4 rings (SSSR count). The highest BCUT2D eigenvalue weighted by molar-refractivity contribution is 7.07. The molecule has 0 amide bonds. The third kappa shape index (κ3) is 3.55. The van der Waals surface area contributed by atoms with Crippen LogP contribution in [0.5, 0.6) is 0 Å². The number of nitrogens with zero attached hydrogens (tertiary/aromatic N) is 3. The van der Waals surface area contributed by atoms with Crippen LogP contribution in [0.15, 0.2) is 107 Å². The first kappa shape index (κ1) is 16.2. The Labute approximate surface area is 156 Å². The first-order chi connectivity index (χ1) is 12.9. The van der Waals surface area contributed by atoms with E-state index >= 15 is 0 Å². The Morgan fingerprint density at radius 3 is 2.04 bits per heavy atom. The summed E-state index contributed by atoms with van der Waals surface area (Å²) in [6.07, 6.45) is 1.78. The molecule has 0 aliphatic rings. The average molecular weight is 355 g/mol. The Morgan fingerprint density at radius 2 is 1.35 bits per heavy atom. The lowest BCUT2D eigenvalue weighted by molar-refractivity contribution is 0.973. The number of aromatic nitrogens is 1. The van der Waals surface area contributed by atoms with Gasteiger partial charge in [-0.05, 0) is 23.3 Å². The summed E-state index contributed by atoms with van der Waals surface area (Å²) in [5.41, 5.74) is 4.36. The minimum absolute atomic E-state index is 0.835. The molecule has 0 unspecified atom stereocenters. The molecule has 126 valence electrons. The Hall–Kier alpha value is -3.24. The number of benzene rings is 3. The van der Waals surface area contributed by atoms with Crippen LogP contribution >= 0.6 is 11.3 Å². The first-order valence-electron chi connectivity index (χ1n) is 8.35. The van der Waals surface area contributed by atoms with Gasteiger partial charge >= 0.3 is 0 Å². The third-order valence-corrected chi connectivity index (χ3v) is 4.76. The van der Waals surface area contributed by atoms with Gasteiger partial charge in [-0.2, -0.15) is 5.10 Å². The van der Waals surface area contributed by atoms with Crippen molar-refractivity contribution in [3.63, 3.8) is 0 Å². The van der Waals surface area contributed by atoms with Gasteiger partial charge in [0.2, 0.25) is 4.80 Å². The molecule has 0 spiro atoms. The van der Waals surface area contributed by atoms with Crippen molar-refractivity contribution in [2.45, 2.75) is 0 Å². The lowest BCUT2D eigenvalue weighted by Gasteiger charge is -2.08. The van der Waals surface area contributed by atoms with Gasteiger partial charge in [0, 0.05) is 11.1 Å². The maximum atomic E-state index is 4.47. The minimum Gasteiger partial charge on any atom is -0.284 e. The third-order valence-electron chi connectivity index (χ3n) is 3.94. The van der Waals surface area contributed by atoms with Gasteiger partial charge < -0.3 is 0 Å². The zero-order valence-corrected chi connectivity index (χ0v) is 14.9. The quantitative estimate of drug-likeness (QED) is 0.358. The van der Waals surface area contributed by atoms with Crippen molar-refractivity contribution in [1.29, 1.82) is 0 Å². The lowest BCUT2D eigenvalue weighted by Crippen LogP contribution is -2.13. The van der Waals surface area contributed by atoms with Crippen LogP contribution in [0.3, 0.4) is 0 Å². The molecule has 3 aromatic carbocycles. The van der Waals surface area contributed by atoms with E-state index < -0.39 is 0 Å². The highest BCUT2D eigenvalue weighted by Crippen LogP contribution is 2.23. The van der Waals surface area contributed by atoms with Crippen molar-refractivity contribution < 1.29 is 0 Å². The summed E-state index contributed by atoms with van der Waals surface area (Å²) < 4.78 is 2.14. The maximum Gasteiger partial charge on any atom is 0.215 e. The van der Waals surface area contributed by atoms with Gasteiger partial charge in [0.25, 0.3) is 0 Å². The van der Waals surface area contributed by atoms with E-state index in [2.05, 4.69) is 44.4 Å². The van der Waals surface area contributed by atoms with Gasteiger partial charge in [-0.15, -0.1) is 16.4 Å². The molecule has 4 aromatic rings. The molecule has 0 aliphatic carbocycles. The highest BCUT2D eigenvalue weighted by atomic mass is 32.1. The summed E-state index contributed by atoms with van der Waals surface area (Å²) in [6, 6.07) is 30.6. The second-order valence-electron chi connectivity index (χ2n) is 5.70. The average Bonchev–Trinajstić information content (AvgIpc) is 3.14. The van der Waals surface area contributed by atoms with Gasteiger partial charge in [-0.25, -0.2) is 0 Å². The van der Waals surface area contributed by atoms with Crippen LogP contribution in [0, 0.1) is 0 Å². The normalized spacial score (nSPS) is 11.9. The lowest BCUT2D eigenvalue weighted by atomic mass is 10.1. The molecule has 3 nitrogen and oxygen atoms in total. The second kappa shape index (κ2) is 7.76. The standard InChI is InChI=1S/C22H17N3S/c1-4-10-18(11-5-1)16-23-24-22-25(20-14-8-3-9-15-20)21(17-26-22)19-12-6-2-7-13-19/h1-17H/b23-16+,24-22+. The molecular weight excluding hydrogens is 338 g/mol. The first-order valence-corrected chi connectivity index (χ1v) is 9.23. The zero-order chi connectivity index (χ0) is 17.6. The zero-order valence-electron chi connectivity index (χ0n) is 14.1. The molecule has 0 fully saturated rings. The largest absolute Gasteiger partial charge is 0.284 e. The summed E-state index contributed by atoms with van der Waals surface area (Å²) in [6.45, 7) is 0. The molecule has 0 saturated carbocycles. The van der Waals surface area contributed by atoms with Crippen LogP contribution in [-0.4, -0.2) is 10.8 Å². The maximum absolute atomic E-state index is 4.47. The van der Waals surface area contributed by atoms with Crippen molar-refractivity contribution >= 4 is 17.6 Å². The second-order valence-corrected chi connectivity index (χ2v) is 6.53. The molecule has 0 atom stereocenters. The molecule has 26 heavy (non-hydrogen) atoms. The van der Waals surface area contributed by atoms with Gasteiger partial charge in [0.1, 0.15) is 0 Å². The number of para-hydroxylation sites is 1. The molecule has 0 N–H and O–H groups in total. The minimum atomic E-state index is 0.835. The summed E-state index contributed by atoms with van der Waals surface area (Å²) in [5, 5.41) is 10.9. The van der Waals surface area contributed by atoms with Crippen LogP contribution in [0.1, 0.15) is 5.56 Å². The molecule has 0 radical (unpaired) electrons. The Bertz CT molecular complexity index is 1060. The molecule has 0 bridgehead atoms.